The summed E-state index contributed by atoms with van der Waals surface area (Å²) in [6, 6.07) is 21.3. The normalized spacial score (nSPS) is 15.2. The molecule has 1 atom stereocenters. The smallest absolute Gasteiger partial charge is 0.264 e. The average Bonchev–Trinajstić information content (AvgIpc) is 3.32. The zero-order valence-corrected chi connectivity index (χ0v) is 20.8. The molecule has 1 aliphatic heterocycles. The molecule has 1 amide bonds. The molecule has 8 nitrogen and oxygen atoms in total. The molecule has 9 heteroatoms. The summed E-state index contributed by atoms with van der Waals surface area (Å²) in [5.41, 5.74) is 3.25. The quantitative estimate of drug-likeness (QED) is 0.433. The number of anilines is 1. The van der Waals surface area contributed by atoms with Crippen molar-refractivity contribution < 1.29 is 17.9 Å². The van der Waals surface area contributed by atoms with Gasteiger partial charge in [-0.2, -0.15) is 0 Å². The lowest BCUT2D eigenvalue weighted by Gasteiger charge is -2.34. The van der Waals surface area contributed by atoms with Gasteiger partial charge < -0.3 is 14.6 Å². The van der Waals surface area contributed by atoms with Gasteiger partial charge in [-0.3, -0.25) is 9.10 Å². The number of sulfonamides is 1. The van der Waals surface area contributed by atoms with Crippen LogP contribution in [0.4, 0.5) is 5.69 Å². The lowest BCUT2D eigenvalue weighted by Crippen LogP contribution is -2.50. The first-order chi connectivity index (χ1) is 17.3. The largest absolute Gasteiger partial charge is 0.476 e. The maximum absolute atomic E-state index is 13.5. The maximum atomic E-state index is 13.5. The van der Waals surface area contributed by atoms with Crippen molar-refractivity contribution in [2.45, 2.75) is 31.4 Å². The molecule has 3 aromatic carbocycles. The lowest BCUT2D eigenvalue weighted by molar-refractivity contribution is -0.127. The van der Waals surface area contributed by atoms with Crippen LogP contribution in [0.5, 0.6) is 5.75 Å². The van der Waals surface area contributed by atoms with Gasteiger partial charge in [0.25, 0.3) is 15.9 Å². The second-order valence-corrected chi connectivity index (χ2v) is 10.5. The van der Waals surface area contributed by atoms with Crippen molar-refractivity contribution in [1.82, 2.24) is 14.9 Å². The summed E-state index contributed by atoms with van der Waals surface area (Å²) in [6.45, 7) is 3.98. The number of benzene rings is 3. The standard InChI is InChI=1S/C27H26N4O4S/c1-19-7-13-23(14-8-19)36(33,34)31-18-26(35-25-6-4-3-5-24(25)31)27(32)29-17-21-9-11-22(12-10-21)30-16-15-28-20(30)2/h3-16,26H,17-18H2,1-2H3,(H,29,32)/t26-/m0/s1. The van der Waals surface area contributed by atoms with Crippen LogP contribution in [0.1, 0.15) is 17.0 Å². The van der Waals surface area contributed by atoms with Crippen LogP contribution in [0.3, 0.4) is 0 Å². The Morgan fingerprint density at radius 2 is 1.75 bits per heavy atom. The number of fused-ring (bicyclic) bond motifs is 1. The number of imidazole rings is 1. The molecule has 2 heterocycles. The molecule has 0 saturated carbocycles. The number of para-hydroxylation sites is 2. The molecule has 0 aliphatic carbocycles. The second kappa shape index (κ2) is 9.50. The molecule has 4 aromatic rings. The second-order valence-electron chi connectivity index (χ2n) is 8.65. The molecular formula is C27H26N4O4S. The van der Waals surface area contributed by atoms with Gasteiger partial charge in [-0.05, 0) is 55.8 Å². The SMILES string of the molecule is Cc1ccc(S(=O)(=O)N2C[C@@H](C(=O)NCc3ccc(-n4ccnc4C)cc3)Oc3ccccc32)cc1. The third-order valence-electron chi connectivity index (χ3n) is 6.14. The third kappa shape index (κ3) is 4.57. The Morgan fingerprint density at radius 3 is 2.44 bits per heavy atom. The maximum Gasteiger partial charge on any atom is 0.264 e. The van der Waals surface area contributed by atoms with Gasteiger partial charge in [0.05, 0.1) is 17.1 Å². The van der Waals surface area contributed by atoms with Gasteiger partial charge >= 0.3 is 0 Å². The average molecular weight is 503 g/mol. The highest BCUT2D eigenvalue weighted by molar-refractivity contribution is 7.92. The van der Waals surface area contributed by atoms with E-state index in [-0.39, 0.29) is 23.9 Å². The number of aryl methyl sites for hydroxylation is 2. The van der Waals surface area contributed by atoms with Crippen LogP contribution in [-0.2, 0) is 21.4 Å². The number of amides is 1. The van der Waals surface area contributed by atoms with Crippen LogP contribution >= 0.6 is 0 Å². The van der Waals surface area contributed by atoms with Crippen LogP contribution in [0, 0.1) is 13.8 Å². The monoisotopic (exact) mass is 502 g/mol. The lowest BCUT2D eigenvalue weighted by atomic mass is 10.2. The van der Waals surface area contributed by atoms with E-state index in [9.17, 15) is 13.2 Å². The van der Waals surface area contributed by atoms with E-state index in [1.54, 1.807) is 54.7 Å². The Labute approximate surface area is 210 Å². The van der Waals surface area contributed by atoms with Crippen LogP contribution in [0.2, 0.25) is 0 Å². The highest BCUT2D eigenvalue weighted by Crippen LogP contribution is 2.36. The highest BCUT2D eigenvalue weighted by atomic mass is 32.2. The zero-order chi connectivity index (χ0) is 25.3. The van der Waals surface area contributed by atoms with E-state index in [0.29, 0.717) is 11.4 Å². The molecule has 0 saturated heterocycles. The van der Waals surface area contributed by atoms with Gasteiger partial charge in [0, 0.05) is 24.6 Å². The summed E-state index contributed by atoms with van der Waals surface area (Å²) in [4.78, 5) is 17.5. The molecular weight excluding hydrogens is 476 g/mol. The summed E-state index contributed by atoms with van der Waals surface area (Å²) in [7, 11) is -3.89. The minimum atomic E-state index is -3.89. The van der Waals surface area contributed by atoms with Crippen molar-refractivity contribution in [3.63, 3.8) is 0 Å². The molecule has 0 bridgehead atoms. The molecule has 1 N–H and O–H groups in total. The van der Waals surface area contributed by atoms with Gasteiger partial charge in [-0.15, -0.1) is 0 Å². The fraction of sp³-hybridized carbons (Fsp3) is 0.185. The summed E-state index contributed by atoms with van der Waals surface area (Å²) < 4.78 is 36.1. The number of hydrogen-bond donors (Lipinski definition) is 1. The van der Waals surface area contributed by atoms with Crippen molar-refractivity contribution in [1.29, 1.82) is 0 Å². The van der Waals surface area contributed by atoms with Gasteiger partial charge in [0.15, 0.2) is 6.10 Å². The Balaban J connectivity index is 1.32. The minimum absolute atomic E-state index is 0.127. The minimum Gasteiger partial charge on any atom is -0.476 e. The molecule has 1 aromatic heterocycles. The number of aromatic nitrogens is 2. The predicted molar refractivity (Wildman–Crippen MR) is 137 cm³/mol. The molecule has 0 spiro atoms. The van der Waals surface area contributed by atoms with E-state index in [0.717, 1.165) is 22.6 Å². The Hall–Kier alpha value is -4.11. The van der Waals surface area contributed by atoms with Crippen molar-refractivity contribution >= 4 is 21.6 Å². The van der Waals surface area contributed by atoms with Crippen molar-refractivity contribution in [2.75, 3.05) is 10.8 Å². The number of nitrogens with one attached hydrogen (secondary N) is 1. The molecule has 5 rings (SSSR count). The number of nitrogens with zero attached hydrogens (tertiary/aromatic N) is 3. The third-order valence-corrected chi connectivity index (χ3v) is 7.94. The number of carbonyl (C=O) groups is 1. The molecule has 36 heavy (non-hydrogen) atoms. The van der Waals surface area contributed by atoms with Crippen molar-refractivity contribution in [3.8, 4) is 11.4 Å². The van der Waals surface area contributed by atoms with Gasteiger partial charge in [-0.25, -0.2) is 13.4 Å². The Bertz CT molecular complexity index is 1500. The van der Waals surface area contributed by atoms with E-state index in [4.69, 9.17) is 4.74 Å². The summed E-state index contributed by atoms with van der Waals surface area (Å²) in [6.07, 6.45) is 2.64. The zero-order valence-electron chi connectivity index (χ0n) is 20.0. The predicted octanol–water partition coefficient (Wildman–Crippen LogP) is 3.76. The van der Waals surface area contributed by atoms with E-state index < -0.39 is 16.1 Å². The molecule has 1 aliphatic rings. The van der Waals surface area contributed by atoms with E-state index >= 15 is 0 Å². The highest BCUT2D eigenvalue weighted by Gasteiger charge is 2.37. The van der Waals surface area contributed by atoms with Crippen molar-refractivity contribution in [3.05, 3.63) is 102 Å². The first-order valence-corrected chi connectivity index (χ1v) is 13.0. The first-order valence-electron chi connectivity index (χ1n) is 11.5. The van der Waals surface area contributed by atoms with Crippen LogP contribution in [0.25, 0.3) is 5.69 Å². The van der Waals surface area contributed by atoms with E-state index in [2.05, 4.69) is 10.3 Å². The first kappa shape index (κ1) is 23.6. The van der Waals surface area contributed by atoms with Crippen LogP contribution in [-0.4, -0.2) is 36.5 Å². The molecule has 0 unspecified atom stereocenters. The van der Waals surface area contributed by atoms with Gasteiger partial charge in [0.2, 0.25) is 0 Å². The Kier molecular flexibility index (Phi) is 6.24. The summed E-state index contributed by atoms with van der Waals surface area (Å²) in [5, 5.41) is 2.88. The van der Waals surface area contributed by atoms with Crippen molar-refractivity contribution in [2.24, 2.45) is 0 Å². The fourth-order valence-electron chi connectivity index (χ4n) is 4.13. The number of carbonyl (C=O) groups excluding carboxylic acids is 1. The fourth-order valence-corrected chi connectivity index (χ4v) is 5.61. The number of hydrogen-bond acceptors (Lipinski definition) is 5. The number of ether oxygens (including phenoxy) is 1. The molecule has 184 valence electrons. The van der Waals surface area contributed by atoms with Gasteiger partial charge in [0.1, 0.15) is 11.6 Å². The van der Waals surface area contributed by atoms with Crippen LogP contribution in [0.15, 0.2) is 90.1 Å². The topological polar surface area (TPSA) is 93.5 Å². The summed E-state index contributed by atoms with van der Waals surface area (Å²) in [5.74, 6) is 0.846. The molecule has 0 fully saturated rings. The van der Waals surface area contributed by atoms with E-state index in [1.807, 2.05) is 48.9 Å². The van der Waals surface area contributed by atoms with Gasteiger partial charge in [-0.1, -0.05) is 42.0 Å². The van der Waals surface area contributed by atoms with Crippen LogP contribution < -0.4 is 14.4 Å². The molecule has 0 radical (unpaired) electrons. The number of rotatable bonds is 6. The Morgan fingerprint density at radius 1 is 1.03 bits per heavy atom. The van der Waals surface area contributed by atoms with E-state index in [1.165, 1.54) is 4.31 Å². The summed E-state index contributed by atoms with van der Waals surface area (Å²) >= 11 is 0.